The lowest BCUT2D eigenvalue weighted by molar-refractivity contribution is -0.136. The van der Waals surface area contributed by atoms with Crippen molar-refractivity contribution < 1.29 is 18.7 Å². The second kappa shape index (κ2) is 4.53. The summed E-state index contributed by atoms with van der Waals surface area (Å²) in [6.45, 7) is 0. The summed E-state index contributed by atoms with van der Waals surface area (Å²) in [6, 6.07) is 2.29. The zero-order valence-electron chi connectivity index (χ0n) is 7.83. The molecule has 0 atom stereocenters. The Hall–Kier alpha value is -2.23. The molecular formula is C9H6F2N2O3. The third kappa shape index (κ3) is 2.42. The van der Waals surface area contributed by atoms with E-state index in [9.17, 15) is 18.4 Å². The normalized spacial score (nSPS) is 10.1. The van der Waals surface area contributed by atoms with Crippen LogP contribution in [0.2, 0.25) is 0 Å². The number of hydrogen-bond acceptors (Lipinski definition) is 3. The van der Waals surface area contributed by atoms with Crippen LogP contribution in [0.15, 0.2) is 10.9 Å². The fraction of sp³-hybridized carbons (Fsp3) is 0.222. The van der Waals surface area contributed by atoms with Crippen molar-refractivity contribution in [2.24, 2.45) is 0 Å². The van der Waals surface area contributed by atoms with Crippen molar-refractivity contribution in [1.82, 2.24) is 4.98 Å². The molecular weight excluding hydrogens is 222 g/mol. The summed E-state index contributed by atoms with van der Waals surface area (Å²) in [6.07, 6.45) is -3.61. The van der Waals surface area contributed by atoms with E-state index in [4.69, 9.17) is 10.4 Å². The molecule has 0 aliphatic carbocycles. The maximum atomic E-state index is 12.3. The highest BCUT2D eigenvalue weighted by atomic mass is 19.3. The third-order valence-electron chi connectivity index (χ3n) is 1.84. The molecule has 16 heavy (non-hydrogen) atoms. The molecule has 1 aromatic heterocycles. The van der Waals surface area contributed by atoms with Crippen molar-refractivity contribution in [2.75, 3.05) is 0 Å². The van der Waals surface area contributed by atoms with Crippen LogP contribution in [0.1, 0.15) is 23.2 Å². The van der Waals surface area contributed by atoms with Gasteiger partial charge in [0, 0.05) is 0 Å². The molecule has 0 amide bonds. The molecule has 5 nitrogen and oxygen atoms in total. The zero-order chi connectivity index (χ0) is 12.3. The average molecular weight is 228 g/mol. The quantitative estimate of drug-likeness (QED) is 0.800. The molecule has 1 rings (SSSR count). The van der Waals surface area contributed by atoms with Gasteiger partial charge in [-0.05, 0) is 11.6 Å². The number of nitriles is 1. The van der Waals surface area contributed by atoms with Gasteiger partial charge in [-0.2, -0.15) is 5.26 Å². The van der Waals surface area contributed by atoms with E-state index in [1.165, 1.54) is 0 Å². The van der Waals surface area contributed by atoms with Gasteiger partial charge < -0.3 is 10.1 Å². The van der Waals surface area contributed by atoms with Gasteiger partial charge in [-0.3, -0.25) is 9.59 Å². The smallest absolute Gasteiger partial charge is 0.307 e. The fourth-order valence-electron chi connectivity index (χ4n) is 1.16. The van der Waals surface area contributed by atoms with Gasteiger partial charge >= 0.3 is 5.97 Å². The number of carbonyl (C=O) groups is 1. The number of aromatic nitrogens is 1. The number of alkyl halides is 2. The number of hydrogen-bond donors (Lipinski definition) is 2. The summed E-state index contributed by atoms with van der Waals surface area (Å²) >= 11 is 0. The van der Waals surface area contributed by atoms with Gasteiger partial charge in [-0.1, -0.05) is 0 Å². The number of pyridine rings is 1. The molecule has 1 aromatic rings. The monoisotopic (exact) mass is 228 g/mol. The molecule has 84 valence electrons. The first kappa shape index (κ1) is 11.8. The maximum Gasteiger partial charge on any atom is 0.307 e. The van der Waals surface area contributed by atoms with Crippen LogP contribution < -0.4 is 5.56 Å². The lowest BCUT2D eigenvalue weighted by Gasteiger charge is -2.04. The molecule has 7 heteroatoms. The topological polar surface area (TPSA) is 94.0 Å². The van der Waals surface area contributed by atoms with Crippen LogP contribution in [0.3, 0.4) is 0 Å². The first-order valence-electron chi connectivity index (χ1n) is 4.12. The van der Waals surface area contributed by atoms with Crippen LogP contribution in [0, 0.1) is 11.3 Å². The molecule has 0 radical (unpaired) electrons. The number of nitrogens with one attached hydrogen (secondary N) is 1. The Bertz CT molecular complexity index is 516. The molecule has 0 aliphatic heterocycles. The number of nitrogens with zero attached hydrogens (tertiary/aromatic N) is 1. The summed E-state index contributed by atoms with van der Waals surface area (Å²) in [5.41, 5.74) is -2.36. The number of halogens is 2. The van der Waals surface area contributed by atoms with E-state index in [1.54, 1.807) is 6.07 Å². The summed E-state index contributed by atoms with van der Waals surface area (Å²) in [7, 11) is 0. The Morgan fingerprint density at radius 2 is 2.25 bits per heavy atom. The van der Waals surface area contributed by atoms with Gasteiger partial charge in [0.1, 0.15) is 11.8 Å². The molecule has 2 N–H and O–H groups in total. The summed E-state index contributed by atoms with van der Waals surface area (Å²) in [4.78, 5) is 23.4. The number of rotatable bonds is 3. The fourth-order valence-corrected chi connectivity index (χ4v) is 1.16. The Balaban J connectivity index is 3.36. The number of carboxylic acid groups (broad SMARTS) is 1. The van der Waals surface area contributed by atoms with Crippen molar-refractivity contribution in [3.63, 3.8) is 0 Å². The predicted molar refractivity (Wildman–Crippen MR) is 48.1 cm³/mol. The Kier molecular flexibility index (Phi) is 3.35. The van der Waals surface area contributed by atoms with E-state index in [0.717, 1.165) is 6.07 Å². The van der Waals surface area contributed by atoms with Crippen molar-refractivity contribution in [3.05, 3.63) is 33.2 Å². The van der Waals surface area contributed by atoms with Gasteiger partial charge in [0.25, 0.3) is 12.0 Å². The van der Waals surface area contributed by atoms with E-state index < -0.39 is 29.9 Å². The highest BCUT2D eigenvalue weighted by Gasteiger charge is 2.17. The van der Waals surface area contributed by atoms with Gasteiger partial charge in [0.15, 0.2) is 0 Å². The van der Waals surface area contributed by atoms with Crippen LogP contribution in [-0.2, 0) is 11.2 Å². The van der Waals surface area contributed by atoms with Gasteiger partial charge in [0.05, 0.1) is 12.0 Å². The average Bonchev–Trinajstić information content (AvgIpc) is 2.18. The summed E-state index contributed by atoms with van der Waals surface area (Å²) in [5.74, 6) is -1.27. The summed E-state index contributed by atoms with van der Waals surface area (Å²) in [5, 5.41) is 17.1. The van der Waals surface area contributed by atoms with Crippen LogP contribution >= 0.6 is 0 Å². The van der Waals surface area contributed by atoms with E-state index in [1.807, 2.05) is 4.98 Å². The van der Waals surface area contributed by atoms with Gasteiger partial charge in [0.2, 0.25) is 0 Å². The highest BCUT2D eigenvalue weighted by molar-refractivity contribution is 5.71. The van der Waals surface area contributed by atoms with Crippen molar-refractivity contribution in [1.29, 1.82) is 5.26 Å². The van der Waals surface area contributed by atoms with Crippen molar-refractivity contribution in [3.8, 4) is 6.07 Å². The number of aliphatic carboxylic acids is 1. The first-order valence-corrected chi connectivity index (χ1v) is 4.12. The minimum Gasteiger partial charge on any atom is -0.481 e. The van der Waals surface area contributed by atoms with Crippen LogP contribution in [0.4, 0.5) is 8.78 Å². The van der Waals surface area contributed by atoms with E-state index in [-0.39, 0.29) is 11.3 Å². The third-order valence-corrected chi connectivity index (χ3v) is 1.84. The number of aromatic amines is 1. The molecule has 0 spiro atoms. The SMILES string of the molecule is N#Cc1[nH]c(=O)c(C(F)F)cc1CC(=O)O. The number of carboxylic acids is 1. The predicted octanol–water partition coefficient (Wildman–Crippen LogP) is 0.811. The summed E-state index contributed by atoms with van der Waals surface area (Å²) < 4.78 is 24.7. The second-order valence-electron chi connectivity index (χ2n) is 2.94. The van der Waals surface area contributed by atoms with Crippen LogP contribution in [-0.4, -0.2) is 16.1 Å². The molecule has 0 bridgehead atoms. The number of H-pyrrole nitrogens is 1. The van der Waals surface area contributed by atoms with Gasteiger partial charge in [-0.15, -0.1) is 0 Å². The molecule has 0 aliphatic rings. The maximum absolute atomic E-state index is 12.3. The largest absolute Gasteiger partial charge is 0.481 e. The Morgan fingerprint density at radius 3 is 2.69 bits per heavy atom. The first-order chi connectivity index (χ1) is 7.45. The Morgan fingerprint density at radius 1 is 1.62 bits per heavy atom. The Labute approximate surface area is 88.0 Å². The van der Waals surface area contributed by atoms with E-state index in [0.29, 0.717) is 0 Å². The lowest BCUT2D eigenvalue weighted by atomic mass is 10.1. The van der Waals surface area contributed by atoms with Crippen LogP contribution in [0.25, 0.3) is 0 Å². The molecule has 0 saturated carbocycles. The molecule has 0 aromatic carbocycles. The molecule has 0 unspecified atom stereocenters. The lowest BCUT2D eigenvalue weighted by Crippen LogP contribution is -2.17. The molecule has 0 saturated heterocycles. The minimum atomic E-state index is -3.01. The molecule has 1 heterocycles. The van der Waals surface area contributed by atoms with E-state index >= 15 is 0 Å². The van der Waals surface area contributed by atoms with Gasteiger partial charge in [-0.25, -0.2) is 8.78 Å². The zero-order valence-corrected chi connectivity index (χ0v) is 7.83. The second-order valence-corrected chi connectivity index (χ2v) is 2.94. The van der Waals surface area contributed by atoms with Crippen LogP contribution in [0.5, 0.6) is 0 Å². The van der Waals surface area contributed by atoms with Crippen molar-refractivity contribution >= 4 is 5.97 Å². The molecule has 0 fully saturated rings. The highest BCUT2D eigenvalue weighted by Crippen LogP contribution is 2.17. The van der Waals surface area contributed by atoms with E-state index in [2.05, 4.69) is 0 Å². The minimum absolute atomic E-state index is 0.134. The standard InChI is InChI=1S/C9H6F2N2O3/c10-8(11)5-1-4(2-7(14)15)6(3-12)13-9(5)16/h1,8H,2H2,(H,13,16)(H,14,15). The van der Waals surface area contributed by atoms with Crippen molar-refractivity contribution in [2.45, 2.75) is 12.8 Å².